The highest BCUT2D eigenvalue weighted by molar-refractivity contribution is 6.03. The molecule has 0 unspecified atom stereocenters. The number of methoxy groups -OCH3 is 2. The van der Waals surface area contributed by atoms with E-state index in [0.29, 0.717) is 24.3 Å². The van der Waals surface area contributed by atoms with E-state index >= 15 is 0 Å². The van der Waals surface area contributed by atoms with Crippen molar-refractivity contribution in [3.05, 3.63) is 65.5 Å². The Balaban J connectivity index is 1.70. The maximum Gasteiger partial charge on any atom is 0.419 e. The van der Waals surface area contributed by atoms with Gasteiger partial charge in [0.25, 0.3) is 0 Å². The lowest BCUT2D eigenvalue weighted by atomic mass is 9.82. The quantitative estimate of drug-likeness (QED) is 0.282. The highest BCUT2D eigenvalue weighted by atomic mass is 19.4. The number of carbonyl (C=O) groups is 2. The first-order chi connectivity index (χ1) is 20.5. The Labute approximate surface area is 247 Å². The third kappa shape index (κ3) is 7.90. The zero-order chi connectivity index (χ0) is 31.1. The van der Waals surface area contributed by atoms with Crippen molar-refractivity contribution < 1.29 is 42.1 Å². The number of carboxylic acid groups (broad SMARTS) is 1. The summed E-state index contributed by atoms with van der Waals surface area (Å²) < 4.78 is 59.8. The van der Waals surface area contributed by atoms with Gasteiger partial charge in [0, 0.05) is 26.3 Å². The van der Waals surface area contributed by atoms with Crippen LogP contribution in [0.1, 0.15) is 54.1 Å². The molecule has 4 rings (SSSR count). The molecule has 1 aliphatic carbocycles. The molecule has 1 fully saturated rings. The summed E-state index contributed by atoms with van der Waals surface area (Å²) >= 11 is 0. The van der Waals surface area contributed by atoms with Crippen molar-refractivity contribution in [1.82, 2.24) is 15.0 Å². The van der Waals surface area contributed by atoms with E-state index < -0.39 is 29.5 Å². The highest BCUT2D eigenvalue weighted by Gasteiger charge is 2.37. The van der Waals surface area contributed by atoms with Crippen LogP contribution in [-0.2, 0) is 27.0 Å². The average Bonchev–Trinajstić information content (AvgIpc) is 3.47. The zero-order valence-electron chi connectivity index (χ0n) is 24.2. The molecule has 2 aromatic carbocycles. The van der Waals surface area contributed by atoms with Gasteiger partial charge in [0.15, 0.2) is 0 Å². The minimum absolute atomic E-state index is 0.0646. The van der Waals surface area contributed by atoms with E-state index in [2.05, 4.69) is 17.2 Å². The number of alkyl halides is 3. The number of hydrogen-bond acceptors (Lipinski definition) is 7. The molecular formula is C30H35F3N4O6. The Hall–Kier alpha value is -3.97. The molecule has 1 heterocycles. The standard InChI is InChI=1S/C30H35F3N4O6/c1-19-4-7-21(8-5-19)28(38)37(22(17-41-2)18-42-3)26-10-9-23(15-24(26)29(39)40)43-27-11-6-20(14-25(27)30(31,32)33)16-36-13-12-34-35-36/h6,9-15,19,21-22H,4-5,7-8,16-18H2,1-3H3,(H,39,40). The van der Waals surface area contributed by atoms with Gasteiger partial charge in [-0.05, 0) is 67.5 Å². The second kappa shape index (κ2) is 14.0. The first-order valence-corrected chi connectivity index (χ1v) is 13.9. The van der Waals surface area contributed by atoms with Crippen molar-refractivity contribution in [3.8, 4) is 11.5 Å². The number of hydrogen-bond donors (Lipinski definition) is 1. The number of nitrogens with zero attached hydrogens (tertiary/aromatic N) is 4. The molecule has 0 spiro atoms. The molecule has 232 valence electrons. The third-order valence-corrected chi connectivity index (χ3v) is 7.54. The van der Waals surface area contributed by atoms with E-state index in [1.54, 1.807) is 0 Å². The summed E-state index contributed by atoms with van der Waals surface area (Å²) in [5, 5.41) is 17.6. The molecule has 3 aromatic rings. The SMILES string of the molecule is COCC(COC)N(C(=O)C1CCC(C)CC1)c1ccc(Oc2ccc(Cn3ccnn3)cc2C(F)(F)F)cc1C(=O)O. The molecule has 0 atom stereocenters. The summed E-state index contributed by atoms with van der Waals surface area (Å²) in [6.07, 6.45) is 1.28. The van der Waals surface area contributed by atoms with Gasteiger partial charge >= 0.3 is 12.1 Å². The van der Waals surface area contributed by atoms with Crippen molar-refractivity contribution in [2.75, 3.05) is 32.3 Å². The second-order valence-electron chi connectivity index (χ2n) is 10.7. The molecule has 0 saturated heterocycles. The van der Waals surface area contributed by atoms with Crippen LogP contribution in [0.3, 0.4) is 0 Å². The van der Waals surface area contributed by atoms with Gasteiger partial charge < -0.3 is 24.2 Å². The number of carboxylic acids is 1. The van der Waals surface area contributed by atoms with E-state index in [4.69, 9.17) is 14.2 Å². The number of ether oxygens (including phenoxy) is 3. The van der Waals surface area contributed by atoms with E-state index in [-0.39, 0.29) is 48.6 Å². The fraction of sp³-hybridized carbons (Fsp3) is 0.467. The molecule has 0 bridgehead atoms. The Kier molecular flexibility index (Phi) is 10.4. The molecule has 1 saturated carbocycles. The van der Waals surface area contributed by atoms with E-state index in [0.717, 1.165) is 25.0 Å². The average molecular weight is 605 g/mol. The molecule has 10 nitrogen and oxygen atoms in total. The van der Waals surface area contributed by atoms with Gasteiger partial charge in [-0.1, -0.05) is 18.2 Å². The molecule has 1 aliphatic rings. The van der Waals surface area contributed by atoms with Crippen molar-refractivity contribution in [3.63, 3.8) is 0 Å². The van der Waals surface area contributed by atoms with Crippen LogP contribution in [-0.4, -0.2) is 65.5 Å². The van der Waals surface area contributed by atoms with Crippen LogP contribution in [0.25, 0.3) is 0 Å². The minimum Gasteiger partial charge on any atom is -0.478 e. The van der Waals surface area contributed by atoms with Crippen LogP contribution >= 0.6 is 0 Å². The summed E-state index contributed by atoms with van der Waals surface area (Å²) in [5.41, 5.74) is -0.930. The molecule has 13 heteroatoms. The summed E-state index contributed by atoms with van der Waals surface area (Å²) in [4.78, 5) is 27.8. The lowest BCUT2D eigenvalue weighted by molar-refractivity contribution is -0.138. The Bertz CT molecular complexity index is 1390. The summed E-state index contributed by atoms with van der Waals surface area (Å²) in [6, 6.07) is 6.82. The van der Waals surface area contributed by atoms with Gasteiger partial charge in [-0.25, -0.2) is 9.48 Å². The van der Waals surface area contributed by atoms with Crippen molar-refractivity contribution in [1.29, 1.82) is 0 Å². The van der Waals surface area contributed by atoms with Gasteiger partial charge in [-0.3, -0.25) is 4.79 Å². The number of rotatable bonds is 12. The first-order valence-electron chi connectivity index (χ1n) is 13.9. The number of anilines is 1. The lowest BCUT2D eigenvalue weighted by Crippen LogP contribution is -2.49. The van der Waals surface area contributed by atoms with E-state index in [1.807, 2.05) is 0 Å². The summed E-state index contributed by atoms with van der Waals surface area (Å²) in [7, 11) is 2.94. The lowest BCUT2D eigenvalue weighted by Gasteiger charge is -2.36. The summed E-state index contributed by atoms with van der Waals surface area (Å²) in [6.45, 7) is 2.36. The normalized spacial score (nSPS) is 17.2. The van der Waals surface area contributed by atoms with Crippen LogP contribution in [0, 0.1) is 11.8 Å². The van der Waals surface area contributed by atoms with Gasteiger partial charge in [0.1, 0.15) is 11.5 Å². The topological polar surface area (TPSA) is 116 Å². The smallest absolute Gasteiger partial charge is 0.419 e. The molecule has 1 amide bonds. The van der Waals surface area contributed by atoms with Crippen molar-refractivity contribution in [2.45, 2.75) is 51.4 Å². The summed E-state index contributed by atoms with van der Waals surface area (Å²) in [5.74, 6) is -2.07. The predicted octanol–water partition coefficient (Wildman–Crippen LogP) is 5.66. The first kappa shape index (κ1) is 32.0. The monoisotopic (exact) mass is 604 g/mol. The fourth-order valence-electron chi connectivity index (χ4n) is 5.36. The van der Waals surface area contributed by atoms with Crippen molar-refractivity contribution >= 4 is 17.6 Å². The maximum atomic E-state index is 14.0. The number of benzene rings is 2. The molecule has 1 aromatic heterocycles. The predicted molar refractivity (Wildman–Crippen MR) is 150 cm³/mol. The van der Waals surface area contributed by atoms with Crippen LogP contribution in [0.5, 0.6) is 11.5 Å². The van der Waals surface area contributed by atoms with Crippen LogP contribution in [0.15, 0.2) is 48.8 Å². The Morgan fingerprint density at radius 2 is 1.77 bits per heavy atom. The molecular weight excluding hydrogens is 569 g/mol. The molecule has 43 heavy (non-hydrogen) atoms. The fourth-order valence-corrected chi connectivity index (χ4v) is 5.36. The van der Waals surface area contributed by atoms with Crippen LogP contribution in [0.4, 0.5) is 18.9 Å². The van der Waals surface area contributed by atoms with Gasteiger partial charge in [-0.2, -0.15) is 13.2 Å². The number of halogens is 3. The van der Waals surface area contributed by atoms with Crippen LogP contribution in [0.2, 0.25) is 0 Å². The molecule has 0 radical (unpaired) electrons. The van der Waals surface area contributed by atoms with Gasteiger partial charge in [-0.15, -0.1) is 5.10 Å². The highest BCUT2D eigenvalue weighted by Crippen LogP contribution is 2.40. The van der Waals surface area contributed by atoms with Gasteiger partial charge in [0.05, 0.1) is 48.8 Å². The molecule has 0 aliphatic heterocycles. The minimum atomic E-state index is -4.75. The number of aromatic carboxylic acids is 1. The third-order valence-electron chi connectivity index (χ3n) is 7.54. The second-order valence-corrected chi connectivity index (χ2v) is 10.7. The Morgan fingerprint density at radius 1 is 1.07 bits per heavy atom. The Morgan fingerprint density at radius 3 is 2.35 bits per heavy atom. The number of amides is 1. The largest absolute Gasteiger partial charge is 0.478 e. The van der Waals surface area contributed by atoms with Crippen molar-refractivity contribution in [2.24, 2.45) is 11.8 Å². The maximum absolute atomic E-state index is 14.0. The molecule has 1 N–H and O–H groups in total. The zero-order valence-corrected chi connectivity index (χ0v) is 24.2. The number of aromatic nitrogens is 3. The van der Waals surface area contributed by atoms with Gasteiger partial charge in [0.2, 0.25) is 5.91 Å². The van der Waals surface area contributed by atoms with E-state index in [1.165, 1.54) is 60.5 Å². The number of carbonyl (C=O) groups excluding carboxylic acids is 1. The van der Waals surface area contributed by atoms with Crippen LogP contribution < -0.4 is 9.64 Å². The van der Waals surface area contributed by atoms with E-state index in [9.17, 15) is 27.9 Å².